The maximum absolute atomic E-state index is 13.9. The van der Waals surface area contributed by atoms with Gasteiger partial charge in [-0.05, 0) is 18.2 Å². The second-order valence-corrected chi connectivity index (χ2v) is 9.15. The molecule has 202 valence electrons. The van der Waals surface area contributed by atoms with Crippen LogP contribution in [0.1, 0.15) is 0 Å². The first-order valence-electron chi connectivity index (χ1n) is 12.1. The molecule has 11 nitrogen and oxygen atoms in total. The van der Waals surface area contributed by atoms with E-state index >= 15 is 0 Å². The number of nitrogens with one attached hydrogen (secondary N) is 2. The Labute approximate surface area is 225 Å². The largest absolute Gasteiger partial charge is 0.497 e. The predicted molar refractivity (Wildman–Crippen MR) is 146 cm³/mol. The van der Waals surface area contributed by atoms with Crippen molar-refractivity contribution in [3.63, 3.8) is 0 Å². The van der Waals surface area contributed by atoms with Crippen LogP contribution in [0, 0.1) is 0 Å². The number of pyridine rings is 1. The maximum atomic E-state index is 13.9. The first-order chi connectivity index (χ1) is 18.4. The Morgan fingerprint density at radius 1 is 1.18 bits per heavy atom. The Morgan fingerprint density at radius 2 is 1.97 bits per heavy atom. The van der Waals surface area contributed by atoms with Crippen molar-refractivity contribution in [1.82, 2.24) is 24.8 Å². The number of benzene rings is 1. The SMILES string of the molecule is C=CC(=O)NC1CN(CCn2c(=O)c(-c3cc(OC)cc(OC)c3Cl)cc3cnc(NCCOC)nc32)C1. The highest BCUT2D eigenvalue weighted by molar-refractivity contribution is 6.35. The number of carbonyl (C=O) groups excluding carboxylic acids is 1. The van der Waals surface area contributed by atoms with Crippen molar-refractivity contribution >= 4 is 34.5 Å². The molecule has 4 rings (SSSR count). The van der Waals surface area contributed by atoms with Gasteiger partial charge < -0.3 is 24.8 Å². The molecule has 1 aromatic carbocycles. The summed E-state index contributed by atoms with van der Waals surface area (Å²) in [6.07, 6.45) is 2.93. The average Bonchev–Trinajstić information content (AvgIpc) is 2.90. The van der Waals surface area contributed by atoms with Crippen LogP contribution in [-0.4, -0.2) is 85.5 Å². The van der Waals surface area contributed by atoms with Crippen molar-refractivity contribution in [1.29, 1.82) is 0 Å². The smallest absolute Gasteiger partial charge is 0.260 e. The minimum absolute atomic E-state index is 0.0577. The summed E-state index contributed by atoms with van der Waals surface area (Å²) in [5, 5.41) is 6.97. The molecule has 0 unspecified atom stereocenters. The minimum Gasteiger partial charge on any atom is -0.497 e. The Balaban J connectivity index is 1.72. The van der Waals surface area contributed by atoms with E-state index in [0.717, 1.165) is 0 Å². The molecule has 0 aliphatic carbocycles. The molecule has 38 heavy (non-hydrogen) atoms. The van der Waals surface area contributed by atoms with Gasteiger partial charge in [0.1, 0.15) is 17.1 Å². The zero-order chi connectivity index (χ0) is 27.2. The van der Waals surface area contributed by atoms with Gasteiger partial charge in [-0.1, -0.05) is 18.2 Å². The van der Waals surface area contributed by atoms with E-state index in [2.05, 4.69) is 32.1 Å². The average molecular weight is 543 g/mol. The zero-order valence-electron chi connectivity index (χ0n) is 21.6. The Kier molecular flexibility index (Phi) is 8.82. The highest BCUT2D eigenvalue weighted by Crippen LogP contribution is 2.38. The maximum Gasteiger partial charge on any atom is 0.260 e. The molecule has 3 aromatic rings. The number of hydrogen-bond donors (Lipinski definition) is 2. The number of fused-ring (bicyclic) bond motifs is 1. The highest BCUT2D eigenvalue weighted by atomic mass is 35.5. The molecule has 1 amide bonds. The number of aromatic nitrogens is 3. The lowest BCUT2D eigenvalue weighted by Gasteiger charge is -2.39. The van der Waals surface area contributed by atoms with Gasteiger partial charge in [-0.15, -0.1) is 0 Å². The molecule has 1 saturated heterocycles. The van der Waals surface area contributed by atoms with Crippen LogP contribution in [-0.2, 0) is 16.1 Å². The van der Waals surface area contributed by atoms with Gasteiger partial charge in [0.05, 0.1) is 31.9 Å². The summed E-state index contributed by atoms with van der Waals surface area (Å²) < 4.78 is 17.5. The normalized spacial score (nSPS) is 13.7. The monoisotopic (exact) mass is 542 g/mol. The highest BCUT2D eigenvalue weighted by Gasteiger charge is 2.27. The van der Waals surface area contributed by atoms with Gasteiger partial charge in [0.15, 0.2) is 0 Å². The van der Waals surface area contributed by atoms with Crippen LogP contribution in [0.2, 0.25) is 5.02 Å². The molecule has 0 saturated carbocycles. The van der Waals surface area contributed by atoms with Gasteiger partial charge in [-0.2, -0.15) is 4.98 Å². The first kappa shape index (κ1) is 27.4. The fraction of sp³-hybridized carbons (Fsp3) is 0.385. The van der Waals surface area contributed by atoms with Crippen molar-refractivity contribution in [2.24, 2.45) is 0 Å². The first-order valence-corrected chi connectivity index (χ1v) is 12.5. The summed E-state index contributed by atoms with van der Waals surface area (Å²) in [5.41, 5.74) is 1.11. The van der Waals surface area contributed by atoms with Crippen LogP contribution >= 0.6 is 11.6 Å². The van der Waals surface area contributed by atoms with E-state index in [-0.39, 0.29) is 17.5 Å². The molecule has 2 N–H and O–H groups in total. The van der Waals surface area contributed by atoms with Gasteiger partial charge in [0.2, 0.25) is 11.9 Å². The molecule has 1 aliphatic rings. The molecular weight excluding hydrogens is 512 g/mol. The van der Waals surface area contributed by atoms with Crippen LogP contribution in [0.15, 0.2) is 41.8 Å². The fourth-order valence-corrected chi connectivity index (χ4v) is 4.58. The van der Waals surface area contributed by atoms with Crippen molar-refractivity contribution < 1.29 is 19.0 Å². The third-order valence-electron chi connectivity index (χ3n) is 6.30. The van der Waals surface area contributed by atoms with E-state index in [1.54, 1.807) is 36.1 Å². The number of halogens is 1. The number of anilines is 1. The zero-order valence-corrected chi connectivity index (χ0v) is 22.4. The van der Waals surface area contributed by atoms with Crippen LogP contribution in [0.4, 0.5) is 5.95 Å². The number of likely N-dealkylation sites (tertiary alicyclic amines) is 1. The standard InChI is InChI=1S/C26H31ClN6O5/c1-5-22(34)30-17-14-32(15-17)7-8-33-24-16(13-29-26(31-24)28-6-9-36-2)10-20(25(33)35)19-11-18(37-3)12-21(38-4)23(19)27/h5,10-13,17H,1,6-9,14-15H2,2-4H3,(H,30,34)(H,28,29,31). The van der Waals surface area contributed by atoms with Crippen molar-refractivity contribution in [2.45, 2.75) is 12.6 Å². The molecule has 0 atom stereocenters. The Morgan fingerprint density at radius 3 is 2.66 bits per heavy atom. The number of hydrogen-bond acceptors (Lipinski definition) is 9. The summed E-state index contributed by atoms with van der Waals surface area (Å²) in [4.78, 5) is 36.7. The molecule has 12 heteroatoms. The van der Waals surface area contributed by atoms with Gasteiger partial charge >= 0.3 is 0 Å². The third kappa shape index (κ3) is 5.90. The lowest BCUT2D eigenvalue weighted by molar-refractivity contribution is -0.118. The van der Waals surface area contributed by atoms with Crippen LogP contribution in [0.3, 0.4) is 0 Å². The van der Waals surface area contributed by atoms with E-state index in [0.29, 0.717) is 84.0 Å². The lowest BCUT2D eigenvalue weighted by Crippen LogP contribution is -2.59. The van der Waals surface area contributed by atoms with Crippen LogP contribution < -0.4 is 25.7 Å². The number of amides is 1. The Hall–Kier alpha value is -3.67. The molecule has 0 spiro atoms. The molecule has 3 heterocycles. The van der Waals surface area contributed by atoms with Crippen molar-refractivity contribution in [2.75, 3.05) is 59.4 Å². The summed E-state index contributed by atoms with van der Waals surface area (Å²) in [5.74, 6) is 1.11. The number of rotatable bonds is 12. The number of carbonyl (C=O) groups is 1. The number of ether oxygens (including phenoxy) is 3. The lowest BCUT2D eigenvalue weighted by atomic mass is 10.0. The van der Waals surface area contributed by atoms with Crippen LogP contribution in [0.5, 0.6) is 11.5 Å². The van der Waals surface area contributed by atoms with Crippen molar-refractivity contribution in [3.8, 4) is 22.6 Å². The topological polar surface area (TPSA) is 120 Å². The summed E-state index contributed by atoms with van der Waals surface area (Å²) in [7, 11) is 4.66. The van der Waals surface area contributed by atoms with E-state index in [9.17, 15) is 9.59 Å². The second-order valence-electron chi connectivity index (χ2n) is 8.77. The molecule has 0 bridgehead atoms. The summed E-state index contributed by atoms with van der Waals surface area (Å²) >= 11 is 6.64. The minimum atomic E-state index is -0.256. The molecule has 2 aromatic heterocycles. The number of nitrogens with zero attached hydrogens (tertiary/aromatic N) is 4. The third-order valence-corrected chi connectivity index (χ3v) is 6.69. The second kappa shape index (κ2) is 12.2. The molecule has 0 radical (unpaired) electrons. The van der Waals surface area contributed by atoms with Gasteiger partial charge in [-0.25, -0.2) is 4.98 Å². The number of methoxy groups -OCH3 is 3. The predicted octanol–water partition coefficient (Wildman–Crippen LogP) is 2.17. The van der Waals surface area contributed by atoms with Crippen LogP contribution in [0.25, 0.3) is 22.2 Å². The van der Waals surface area contributed by atoms with Gasteiger partial charge in [0.25, 0.3) is 5.56 Å². The van der Waals surface area contributed by atoms with Crippen molar-refractivity contribution in [3.05, 3.63) is 52.4 Å². The van der Waals surface area contributed by atoms with E-state index in [1.165, 1.54) is 20.3 Å². The quantitative estimate of drug-likeness (QED) is 0.262. The van der Waals surface area contributed by atoms with E-state index < -0.39 is 0 Å². The Bertz CT molecular complexity index is 1390. The summed E-state index contributed by atoms with van der Waals surface area (Å²) in [6, 6.07) is 5.17. The fourth-order valence-electron chi connectivity index (χ4n) is 4.29. The van der Waals surface area contributed by atoms with E-state index in [1.807, 2.05) is 0 Å². The van der Waals surface area contributed by atoms with E-state index in [4.69, 9.17) is 25.8 Å². The molecule has 1 fully saturated rings. The van der Waals surface area contributed by atoms with Gasteiger partial charge in [0, 0.05) is 68.6 Å². The summed E-state index contributed by atoms with van der Waals surface area (Å²) in [6.45, 7) is 6.82. The molecular formula is C26H31ClN6O5. The van der Waals surface area contributed by atoms with Gasteiger partial charge in [-0.3, -0.25) is 19.1 Å². The molecule has 1 aliphatic heterocycles.